The zero-order valence-corrected chi connectivity index (χ0v) is 12.1. The summed E-state index contributed by atoms with van der Waals surface area (Å²) in [7, 11) is 1.31. The van der Waals surface area contributed by atoms with E-state index in [1.807, 2.05) is 0 Å². The van der Waals surface area contributed by atoms with Crippen LogP contribution in [0.3, 0.4) is 0 Å². The van der Waals surface area contributed by atoms with Crippen molar-refractivity contribution in [2.75, 3.05) is 19.0 Å². The Morgan fingerprint density at radius 1 is 1.24 bits per heavy atom. The van der Waals surface area contributed by atoms with E-state index in [0.29, 0.717) is 24.2 Å². The summed E-state index contributed by atoms with van der Waals surface area (Å²) in [5.41, 5.74) is 1.00. The molecule has 1 atom stereocenters. The summed E-state index contributed by atoms with van der Waals surface area (Å²) < 4.78 is 4.61. The fourth-order valence-electron chi connectivity index (χ4n) is 2.45. The lowest BCUT2D eigenvalue weighted by atomic mass is 10.1. The summed E-state index contributed by atoms with van der Waals surface area (Å²) >= 11 is 0. The molecule has 0 unspecified atom stereocenters. The van der Waals surface area contributed by atoms with Crippen molar-refractivity contribution in [2.45, 2.75) is 25.8 Å². The van der Waals surface area contributed by atoms with E-state index in [4.69, 9.17) is 0 Å². The average Bonchev–Trinajstić information content (AvgIpc) is 2.97. The maximum absolute atomic E-state index is 12.2. The Morgan fingerprint density at radius 2 is 1.90 bits per heavy atom. The largest absolute Gasteiger partial charge is 0.465 e. The number of nitrogens with zero attached hydrogens (tertiary/aromatic N) is 1. The Bertz CT molecular complexity index is 553. The molecular weight excluding hydrogens is 272 g/mol. The highest BCUT2D eigenvalue weighted by Crippen LogP contribution is 2.19. The summed E-state index contributed by atoms with van der Waals surface area (Å²) in [5, 5.41) is 2.77. The van der Waals surface area contributed by atoms with Gasteiger partial charge in [0.15, 0.2) is 0 Å². The van der Waals surface area contributed by atoms with Crippen molar-refractivity contribution in [1.29, 1.82) is 0 Å². The molecule has 1 aliphatic rings. The first-order chi connectivity index (χ1) is 10.0. The molecule has 1 N–H and O–H groups in total. The normalized spacial score (nSPS) is 17.4. The molecule has 1 aromatic rings. The summed E-state index contributed by atoms with van der Waals surface area (Å²) in [6, 6.07) is 6.02. The predicted molar refractivity (Wildman–Crippen MR) is 76.8 cm³/mol. The number of anilines is 1. The standard InChI is InChI=1S/C15H18N2O4/c1-10(18)17-9-3-4-13(17)14(19)16-12-7-5-11(6-8-12)15(20)21-2/h5-8,13H,3-4,9H2,1-2H3,(H,16,19)/t13-/m0/s1. The fourth-order valence-corrected chi connectivity index (χ4v) is 2.45. The minimum absolute atomic E-state index is 0.0892. The molecule has 21 heavy (non-hydrogen) atoms. The topological polar surface area (TPSA) is 75.7 Å². The summed E-state index contributed by atoms with van der Waals surface area (Å²) in [6.45, 7) is 2.09. The third kappa shape index (κ3) is 3.39. The number of carbonyl (C=O) groups excluding carboxylic acids is 3. The molecule has 6 heteroatoms. The first kappa shape index (κ1) is 15.0. The van der Waals surface area contributed by atoms with Gasteiger partial charge in [0.25, 0.3) is 0 Å². The Labute approximate surface area is 123 Å². The summed E-state index contributed by atoms with van der Waals surface area (Å²) in [6.07, 6.45) is 1.50. The minimum atomic E-state index is -0.425. The summed E-state index contributed by atoms with van der Waals surface area (Å²) in [5.74, 6) is -0.714. The molecule has 2 amide bonds. The van der Waals surface area contributed by atoms with Gasteiger partial charge in [-0.25, -0.2) is 4.79 Å². The van der Waals surface area contributed by atoms with Gasteiger partial charge in [-0.05, 0) is 37.1 Å². The summed E-state index contributed by atoms with van der Waals surface area (Å²) in [4.78, 5) is 36.6. The number of esters is 1. The van der Waals surface area contributed by atoms with Crippen LogP contribution < -0.4 is 5.32 Å². The molecule has 1 heterocycles. The number of methoxy groups -OCH3 is 1. The monoisotopic (exact) mass is 290 g/mol. The van der Waals surface area contributed by atoms with Gasteiger partial charge in [0.1, 0.15) is 6.04 Å². The van der Waals surface area contributed by atoms with Crippen molar-refractivity contribution in [2.24, 2.45) is 0 Å². The zero-order valence-electron chi connectivity index (χ0n) is 12.1. The number of carbonyl (C=O) groups is 3. The number of ether oxygens (including phenoxy) is 1. The quantitative estimate of drug-likeness (QED) is 0.854. The number of amides is 2. The van der Waals surface area contributed by atoms with E-state index in [1.165, 1.54) is 14.0 Å². The van der Waals surface area contributed by atoms with Crippen LogP contribution in [0.4, 0.5) is 5.69 Å². The first-order valence-electron chi connectivity index (χ1n) is 6.79. The number of hydrogen-bond donors (Lipinski definition) is 1. The third-order valence-electron chi connectivity index (χ3n) is 3.53. The second-order valence-corrected chi connectivity index (χ2v) is 4.93. The minimum Gasteiger partial charge on any atom is -0.465 e. The van der Waals surface area contributed by atoms with Gasteiger partial charge in [0.05, 0.1) is 12.7 Å². The van der Waals surface area contributed by atoms with Crippen LogP contribution >= 0.6 is 0 Å². The molecule has 1 aliphatic heterocycles. The van der Waals surface area contributed by atoms with Crippen molar-refractivity contribution in [3.63, 3.8) is 0 Å². The molecule has 1 fully saturated rings. The van der Waals surface area contributed by atoms with E-state index in [1.54, 1.807) is 29.2 Å². The van der Waals surface area contributed by atoms with Gasteiger partial charge >= 0.3 is 5.97 Å². The van der Waals surface area contributed by atoms with Gasteiger partial charge in [0, 0.05) is 19.2 Å². The second kappa shape index (κ2) is 6.39. The molecule has 112 valence electrons. The van der Waals surface area contributed by atoms with Crippen molar-refractivity contribution < 1.29 is 19.1 Å². The van der Waals surface area contributed by atoms with E-state index < -0.39 is 12.0 Å². The molecule has 0 radical (unpaired) electrons. The SMILES string of the molecule is COC(=O)c1ccc(NC(=O)[C@@H]2CCCN2C(C)=O)cc1. The molecule has 1 saturated heterocycles. The van der Waals surface area contributed by atoms with Gasteiger partial charge in [-0.2, -0.15) is 0 Å². The highest BCUT2D eigenvalue weighted by atomic mass is 16.5. The van der Waals surface area contributed by atoms with Gasteiger partial charge in [0.2, 0.25) is 11.8 Å². The lowest BCUT2D eigenvalue weighted by Crippen LogP contribution is -2.42. The Hall–Kier alpha value is -2.37. The van der Waals surface area contributed by atoms with E-state index >= 15 is 0 Å². The highest BCUT2D eigenvalue weighted by molar-refractivity contribution is 5.97. The van der Waals surface area contributed by atoms with E-state index in [2.05, 4.69) is 10.1 Å². The molecule has 0 bridgehead atoms. The number of benzene rings is 1. The molecule has 0 saturated carbocycles. The molecule has 0 aromatic heterocycles. The first-order valence-corrected chi connectivity index (χ1v) is 6.79. The Kier molecular flexibility index (Phi) is 4.57. The second-order valence-electron chi connectivity index (χ2n) is 4.93. The maximum atomic E-state index is 12.2. The molecule has 2 rings (SSSR count). The van der Waals surface area contributed by atoms with Crippen LogP contribution in [0, 0.1) is 0 Å². The zero-order chi connectivity index (χ0) is 15.4. The fraction of sp³-hybridized carbons (Fsp3) is 0.400. The highest BCUT2D eigenvalue weighted by Gasteiger charge is 2.32. The number of rotatable bonds is 3. The van der Waals surface area contributed by atoms with Gasteiger partial charge in [-0.15, -0.1) is 0 Å². The van der Waals surface area contributed by atoms with E-state index in [9.17, 15) is 14.4 Å². The molecular formula is C15H18N2O4. The van der Waals surface area contributed by atoms with Crippen LogP contribution in [0.25, 0.3) is 0 Å². The van der Waals surface area contributed by atoms with E-state index in [0.717, 1.165) is 6.42 Å². The lowest BCUT2D eigenvalue weighted by Gasteiger charge is -2.22. The van der Waals surface area contributed by atoms with Gasteiger partial charge in [-0.3, -0.25) is 9.59 Å². The van der Waals surface area contributed by atoms with Crippen molar-refractivity contribution in [3.8, 4) is 0 Å². The predicted octanol–water partition coefficient (Wildman–Crippen LogP) is 1.42. The van der Waals surface area contributed by atoms with Crippen LogP contribution in [0.15, 0.2) is 24.3 Å². The van der Waals surface area contributed by atoms with Gasteiger partial charge < -0.3 is 15.0 Å². The molecule has 6 nitrogen and oxygen atoms in total. The third-order valence-corrected chi connectivity index (χ3v) is 3.53. The molecule has 0 aliphatic carbocycles. The molecule has 1 aromatic carbocycles. The van der Waals surface area contributed by atoms with Crippen LogP contribution in [0.1, 0.15) is 30.1 Å². The smallest absolute Gasteiger partial charge is 0.337 e. The van der Waals surface area contributed by atoms with Crippen LogP contribution in [-0.4, -0.2) is 42.4 Å². The average molecular weight is 290 g/mol. The van der Waals surface area contributed by atoms with Crippen LogP contribution in [0.2, 0.25) is 0 Å². The van der Waals surface area contributed by atoms with Crippen LogP contribution in [0.5, 0.6) is 0 Å². The van der Waals surface area contributed by atoms with Crippen molar-refractivity contribution in [1.82, 2.24) is 4.90 Å². The van der Waals surface area contributed by atoms with Crippen molar-refractivity contribution >= 4 is 23.5 Å². The number of hydrogen-bond acceptors (Lipinski definition) is 4. The van der Waals surface area contributed by atoms with E-state index in [-0.39, 0.29) is 11.8 Å². The number of likely N-dealkylation sites (tertiary alicyclic amines) is 1. The van der Waals surface area contributed by atoms with Crippen LogP contribution in [-0.2, 0) is 14.3 Å². The van der Waals surface area contributed by atoms with Crippen molar-refractivity contribution in [3.05, 3.63) is 29.8 Å². The Balaban J connectivity index is 2.02. The van der Waals surface area contributed by atoms with Gasteiger partial charge in [-0.1, -0.05) is 0 Å². The lowest BCUT2D eigenvalue weighted by molar-refractivity contribution is -0.134. The maximum Gasteiger partial charge on any atom is 0.337 e. The Morgan fingerprint density at radius 3 is 2.48 bits per heavy atom. The molecule has 0 spiro atoms. The number of nitrogens with one attached hydrogen (secondary N) is 1.